The number of hydrogen-bond acceptors (Lipinski definition) is 7. The first-order chi connectivity index (χ1) is 22.6. The fourth-order valence-corrected chi connectivity index (χ4v) is 5.35. The zero-order chi connectivity index (χ0) is 34.3. The van der Waals surface area contributed by atoms with Crippen LogP contribution in [0.2, 0.25) is 0 Å². The number of benzene rings is 3. The van der Waals surface area contributed by atoms with Gasteiger partial charge in [-0.05, 0) is 57.7 Å². The summed E-state index contributed by atoms with van der Waals surface area (Å²) in [7, 11) is 0. The third-order valence-electron chi connectivity index (χ3n) is 8.00. The molecule has 0 fully saturated rings. The largest absolute Gasteiger partial charge is 0.488 e. The van der Waals surface area contributed by atoms with Gasteiger partial charge in [-0.1, -0.05) is 89.8 Å². The van der Waals surface area contributed by atoms with Crippen molar-refractivity contribution in [2.24, 2.45) is 0 Å². The minimum atomic E-state index is -1.07. The highest BCUT2D eigenvalue weighted by molar-refractivity contribution is 6.12. The molecule has 8 heteroatoms. The van der Waals surface area contributed by atoms with Gasteiger partial charge in [0.15, 0.2) is 0 Å². The lowest BCUT2D eigenvalue weighted by Gasteiger charge is -2.23. The minimum absolute atomic E-state index is 0.0818. The zero-order valence-electron chi connectivity index (χ0n) is 28.4. The van der Waals surface area contributed by atoms with Gasteiger partial charge in [-0.3, -0.25) is 0 Å². The molecule has 0 aliphatic carbocycles. The number of carboxylic acid groups (broad SMARTS) is 1. The maximum atomic E-state index is 12.5. The van der Waals surface area contributed by atoms with Crippen LogP contribution in [-0.2, 0) is 19.1 Å². The first kappa shape index (κ1) is 37.1. The van der Waals surface area contributed by atoms with Crippen LogP contribution in [0.15, 0.2) is 66.8 Å². The molecule has 0 aliphatic rings. The van der Waals surface area contributed by atoms with Crippen molar-refractivity contribution in [3.8, 4) is 11.5 Å². The fraction of sp³-hybridized carbons (Fsp3) is 0.462. The van der Waals surface area contributed by atoms with E-state index in [1.54, 1.807) is 26.0 Å². The van der Waals surface area contributed by atoms with Gasteiger partial charge in [0.2, 0.25) is 0 Å². The first-order valence-corrected chi connectivity index (χ1v) is 16.8. The molecule has 254 valence electrons. The van der Waals surface area contributed by atoms with Gasteiger partial charge in [0.05, 0.1) is 5.56 Å². The van der Waals surface area contributed by atoms with Crippen LogP contribution in [0.25, 0.3) is 21.5 Å². The summed E-state index contributed by atoms with van der Waals surface area (Å²) in [5.41, 5.74) is 0.724. The van der Waals surface area contributed by atoms with Crippen molar-refractivity contribution in [3.05, 3.63) is 72.3 Å². The number of aromatic carboxylic acids is 1. The van der Waals surface area contributed by atoms with E-state index < -0.39 is 30.1 Å². The molecule has 2 unspecified atom stereocenters. The maximum absolute atomic E-state index is 12.5. The Kier molecular flexibility index (Phi) is 14.8. The Morgan fingerprint density at radius 1 is 0.660 bits per heavy atom. The summed E-state index contributed by atoms with van der Waals surface area (Å²) in [6.07, 6.45) is 8.41. The molecule has 0 saturated heterocycles. The first-order valence-electron chi connectivity index (χ1n) is 16.8. The molecule has 1 N–H and O–H groups in total. The van der Waals surface area contributed by atoms with Crippen LogP contribution < -0.4 is 9.47 Å². The van der Waals surface area contributed by atoms with E-state index >= 15 is 0 Å². The topological polar surface area (TPSA) is 108 Å². The predicted molar refractivity (Wildman–Crippen MR) is 186 cm³/mol. The molecule has 3 rings (SSSR count). The number of unbranched alkanes of at least 4 members (excludes halogenated alkanes) is 6. The van der Waals surface area contributed by atoms with Crippen LogP contribution >= 0.6 is 0 Å². The van der Waals surface area contributed by atoms with Gasteiger partial charge in [-0.15, -0.1) is 0 Å². The summed E-state index contributed by atoms with van der Waals surface area (Å²) in [5, 5.41) is 12.5. The van der Waals surface area contributed by atoms with Gasteiger partial charge in [0, 0.05) is 32.7 Å². The Morgan fingerprint density at radius 2 is 1.11 bits per heavy atom. The summed E-state index contributed by atoms with van der Waals surface area (Å²) >= 11 is 0. The molecule has 0 aliphatic heterocycles. The number of rotatable bonds is 21. The summed E-state index contributed by atoms with van der Waals surface area (Å²) in [6, 6.07) is 12.4. The molecule has 0 amide bonds. The van der Waals surface area contributed by atoms with Crippen molar-refractivity contribution < 1.29 is 38.4 Å². The average molecular weight is 647 g/mol. The second kappa shape index (κ2) is 18.7. The van der Waals surface area contributed by atoms with Crippen LogP contribution in [0, 0.1) is 0 Å². The number of carboxylic acids is 1. The zero-order valence-corrected chi connectivity index (χ0v) is 28.4. The van der Waals surface area contributed by atoms with Crippen molar-refractivity contribution in [2.45, 2.75) is 104 Å². The molecule has 0 spiro atoms. The molecule has 0 aromatic heterocycles. The molecule has 0 bridgehead atoms. The minimum Gasteiger partial charge on any atom is -0.488 e. The number of carbonyl (C=O) groups is 3. The van der Waals surface area contributed by atoms with Crippen LogP contribution in [0.1, 0.15) is 102 Å². The number of ether oxygens (including phenoxy) is 4. The van der Waals surface area contributed by atoms with E-state index in [-0.39, 0.29) is 18.8 Å². The van der Waals surface area contributed by atoms with E-state index in [1.807, 2.05) is 24.3 Å². The van der Waals surface area contributed by atoms with Crippen molar-refractivity contribution >= 4 is 39.5 Å². The Morgan fingerprint density at radius 3 is 1.53 bits per heavy atom. The van der Waals surface area contributed by atoms with E-state index in [2.05, 4.69) is 27.0 Å². The van der Waals surface area contributed by atoms with E-state index in [0.717, 1.165) is 56.8 Å². The number of carbonyl (C=O) groups excluding carboxylic acids is 2. The Hall–Kier alpha value is -4.33. The predicted octanol–water partition coefficient (Wildman–Crippen LogP) is 9.37. The summed E-state index contributed by atoms with van der Waals surface area (Å²) < 4.78 is 24.5. The lowest BCUT2D eigenvalue weighted by atomic mass is 9.98. The van der Waals surface area contributed by atoms with Crippen molar-refractivity contribution in [1.82, 2.24) is 0 Å². The summed E-state index contributed by atoms with van der Waals surface area (Å²) in [6.45, 7) is 15.1. The molecule has 3 aromatic rings. The molecule has 47 heavy (non-hydrogen) atoms. The van der Waals surface area contributed by atoms with Crippen molar-refractivity contribution in [1.29, 1.82) is 0 Å². The van der Waals surface area contributed by atoms with Crippen LogP contribution in [0.5, 0.6) is 11.5 Å². The second-order valence-corrected chi connectivity index (χ2v) is 12.2. The Labute approximate surface area is 278 Å². The third kappa shape index (κ3) is 10.9. The highest BCUT2D eigenvalue weighted by atomic mass is 16.6. The lowest BCUT2D eigenvalue weighted by Crippen LogP contribution is -2.26. The van der Waals surface area contributed by atoms with Gasteiger partial charge in [0.1, 0.15) is 36.9 Å². The van der Waals surface area contributed by atoms with Crippen LogP contribution in [0.4, 0.5) is 0 Å². The number of hydrogen-bond donors (Lipinski definition) is 1. The molecular weight excluding hydrogens is 596 g/mol. The van der Waals surface area contributed by atoms with Crippen LogP contribution in [0.3, 0.4) is 0 Å². The van der Waals surface area contributed by atoms with Gasteiger partial charge in [-0.25, -0.2) is 14.4 Å². The standard InChI is InChI=1S/C39H50O8/c1-7-9-11-13-17-29(46-38(42)26(3)4)24-44-35-31-19-15-16-20-32(31)36(34-23-28(37(40)41)21-22-33(34)35)45-25-30(18-14-12-10-8-2)47-39(43)27(5)6/h15-16,19-23,29-30H,3,5,7-14,17-18,24-25H2,1-2,4,6H3,(H,40,41). The number of esters is 2. The van der Waals surface area contributed by atoms with Gasteiger partial charge < -0.3 is 24.1 Å². The third-order valence-corrected chi connectivity index (χ3v) is 8.00. The van der Waals surface area contributed by atoms with Gasteiger partial charge >= 0.3 is 17.9 Å². The molecule has 0 heterocycles. The van der Waals surface area contributed by atoms with Crippen LogP contribution in [-0.4, -0.2) is 48.4 Å². The molecule has 0 saturated carbocycles. The average Bonchev–Trinajstić information content (AvgIpc) is 3.05. The molecule has 0 radical (unpaired) electrons. The van der Waals surface area contributed by atoms with E-state index in [1.165, 1.54) is 6.07 Å². The fourth-order valence-electron chi connectivity index (χ4n) is 5.35. The van der Waals surface area contributed by atoms with E-state index in [0.29, 0.717) is 51.6 Å². The highest BCUT2D eigenvalue weighted by Crippen LogP contribution is 2.43. The molecule has 8 nitrogen and oxygen atoms in total. The van der Waals surface area contributed by atoms with E-state index in [4.69, 9.17) is 18.9 Å². The van der Waals surface area contributed by atoms with Crippen molar-refractivity contribution in [3.63, 3.8) is 0 Å². The monoisotopic (exact) mass is 646 g/mol. The normalized spacial score (nSPS) is 12.3. The lowest BCUT2D eigenvalue weighted by molar-refractivity contribution is -0.147. The quantitative estimate of drug-likeness (QED) is 0.0528. The second-order valence-electron chi connectivity index (χ2n) is 12.2. The maximum Gasteiger partial charge on any atom is 0.335 e. The molecule has 2 atom stereocenters. The summed E-state index contributed by atoms with van der Waals surface area (Å²) in [4.78, 5) is 37.0. The Bertz CT molecular complexity index is 1560. The van der Waals surface area contributed by atoms with E-state index in [9.17, 15) is 19.5 Å². The van der Waals surface area contributed by atoms with Crippen molar-refractivity contribution in [2.75, 3.05) is 13.2 Å². The van der Waals surface area contributed by atoms with Gasteiger partial charge in [-0.2, -0.15) is 0 Å². The smallest absolute Gasteiger partial charge is 0.335 e. The summed E-state index contributed by atoms with van der Waals surface area (Å²) in [5.74, 6) is -1.00. The number of fused-ring (bicyclic) bond motifs is 2. The SMILES string of the molecule is C=C(C)C(=O)OC(CCCCCC)COc1c2ccccc2c(OCC(CCCCCC)OC(=O)C(=C)C)c2cc(C(=O)O)ccc12. The highest BCUT2D eigenvalue weighted by Gasteiger charge is 2.23. The molecular formula is C39H50O8. The van der Waals surface area contributed by atoms with Gasteiger partial charge in [0.25, 0.3) is 0 Å². The molecule has 3 aromatic carbocycles. The Balaban J connectivity index is 2.03.